The molecule has 0 aromatic carbocycles. The Kier molecular flexibility index (Phi) is 5.30. The van der Waals surface area contributed by atoms with Gasteiger partial charge in [-0.25, -0.2) is 9.18 Å². The highest BCUT2D eigenvalue weighted by Gasteiger charge is 2.41. The van der Waals surface area contributed by atoms with Crippen molar-refractivity contribution in [3.8, 4) is 11.4 Å². The first kappa shape index (κ1) is 19.7. The van der Waals surface area contributed by atoms with Gasteiger partial charge in [-0.05, 0) is 44.0 Å². The van der Waals surface area contributed by atoms with E-state index in [-0.39, 0.29) is 29.1 Å². The van der Waals surface area contributed by atoms with Crippen molar-refractivity contribution in [2.75, 3.05) is 18.5 Å². The van der Waals surface area contributed by atoms with Gasteiger partial charge in [0.05, 0.1) is 12.3 Å². The molecule has 1 aliphatic carbocycles. The number of ether oxygens (including phenoxy) is 1. The number of halogens is 1. The third kappa shape index (κ3) is 3.56. The van der Waals surface area contributed by atoms with Gasteiger partial charge in [-0.15, -0.1) is 10.2 Å². The van der Waals surface area contributed by atoms with Gasteiger partial charge in [-0.2, -0.15) is 0 Å². The highest BCUT2D eigenvalue weighted by molar-refractivity contribution is 5.95. The number of aromatic nitrogens is 5. The van der Waals surface area contributed by atoms with Crippen LogP contribution in [0.1, 0.15) is 42.2 Å². The summed E-state index contributed by atoms with van der Waals surface area (Å²) in [6, 6.07) is 6.32. The van der Waals surface area contributed by atoms with Gasteiger partial charge in [-0.3, -0.25) is 20.0 Å². The molecule has 3 heterocycles. The van der Waals surface area contributed by atoms with E-state index in [0.29, 0.717) is 23.8 Å². The molecule has 1 aliphatic rings. The predicted octanol–water partition coefficient (Wildman–Crippen LogP) is 2.40. The average molecular weight is 412 g/mol. The third-order valence-electron chi connectivity index (χ3n) is 5.36. The van der Waals surface area contributed by atoms with Crippen LogP contribution in [-0.2, 0) is 10.2 Å². The van der Waals surface area contributed by atoms with Crippen LogP contribution in [0.2, 0.25) is 0 Å². The molecule has 0 aliphatic heterocycles. The first-order valence-electron chi connectivity index (χ1n) is 9.71. The summed E-state index contributed by atoms with van der Waals surface area (Å²) in [6.07, 6.45) is 4.30. The van der Waals surface area contributed by atoms with Crippen molar-refractivity contribution in [2.24, 2.45) is 0 Å². The van der Waals surface area contributed by atoms with Crippen LogP contribution in [0.4, 0.5) is 10.2 Å². The SMILES string of the molecule is CCOC(=O)c1c(-c2ccc(NCC3(c4ncccc4F)CCC3)nn2)[nH][nH]c1=O. The summed E-state index contributed by atoms with van der Waals surface area (Å²) >= 11 is 0. The van der Waals surface area contributed by atoms with Crippen LogP contribution in [-0.4, -0.2) is 44.5 Å². The number of aromatic amines is 2. The fourth-order valence-electron chi connectivity index (χ4n) is 3.64. The van der Waals surface area contributed by atoms with E-state index in [2.05, 4.69) is 30.7 Å². The van der Waals surface area contributed by atoms with Crippen molar-refractivity contribution in [1.29, 1.82) is 0 Å². The van der Waals surface area contributed by atoms with Gasteiger partial charge in [-0.1, -0.05) is 6.42 Å². The zero-order chi connectivity index (χ0) is 21.1. The molecule has 9 nitrogen and oxygen atoms in total. The van der Waals surface area contributed by atoms with E-state index in [1.54, 1.807) is 31.3 Å². The number of carbonyl (C=O) groups is 1. The summed E-state index contributed by atoms with van der Waals surface area (Å²) in [7, 11) is 0. The molecule has 1 saturated carbocycles. The molecule has 1 fully saturated rings. The zero-order valence-corrected chi connectivity index (χ0v) is 16.4. The van der Waals surface area contributed by atoms with Crippen LogP contribution in [0.25, 0.3) is 11.4 Å². The van der Waals surface area contributed by atoms with Crippen molar-refractivity contribution < 1.29 is 13.9 Å². The summed E-state index contributed by atoms with van der Waals surface area (Å²) in [5, 5.41) is 16.4. The maximum absolute atomic E-state index is 14.2. The highest BCUT2D eigenvalue weighted by Crippen LogP contribution is 2.43. The van der Waals surface area contributed by atoms with Crippen molar-refractivity contribution in [2.45, 2.75) is 31.6 Å². The lowest BCUT2D eigenvalue weighted by molar-refractivity contribution is 0.0526. The molecule has 0 atom stereocenters. The number of carbonyl (C=O) groups excluding carboxylic acids is 1. The number of anilines is 1. The van der Waals surface area contributed by atoms with E-state index in [0.717, 1.165) is 19.3 Å². The second-order valence-electron chi connectivity index (χ2n) is 7.17. The van der Waals surface area contributed by atoms with E-state index in [4.69, 9.17) is 4.74 Å². The first-order valence-corrected chi connectivity index (χ1v) is 9.71. The number of rotatable bonds is 7. The average Bonchev–Trinajstić information content (AvgIpc) is 3.10. The number of nitrogens with one attached hydrogen (secondary N) is 3. The smallest absolute Gasteiger partial charge is 0.346 e. The van der Waals surface area contributed by atoms with Crippen LogP contribution >= 0.6 is 0 Å². The molecule has 0 spiro atoms. The summed E-state index contributed by atoms with van der Waals surface area (Å²) in [5.41, 5.74) is -0.103. The molecule has 0 radical (unpaired) electrons. The molecule has 156 valence electrons. The second-order valence-corrected chi connectivity index (χ2v) is 7.17. The number of esters is 1. The van der Waals surface area contributed by atoms with E-state index >= 15 is 0 Å². The molecule has 30 heavy (non-hydrogen) atoms. The standard InChI is InChI=1S/C20H21FN6O3/c1-2-30-19(29)15-16(26-27-18(15)28)13-6-7-14(25-24-13)23-11-20(8-4-9-20)17-12(21)5-3-10-22-17/h3,5-7,10H,2,4,8-9,11H2,1H3,(H,23,25)(H2,26,27,28). The molecule has 10 heteroatoms. The number of hydrogen-bond acceptors (Lipinski definition) is 7. The highest BCUT2D eigenvalue weighted by atomic mass is 19.1. The minimum Gasteiger partial charge on any atom is -0.462 e. The predicted molar refractivity (Wildman–Crippen MR) is 107 cm³/mol. The monoisotopic (exact) mass is 412 g/mol. The van der Waals surface area contributed by atoms with Crippen LogP contribution in [0, 0.1) is 5.82 Å². The molecular weight excluding hydrogens is 391 g/mol. The molecule has 0 amide bonds. The molecule has 3 N–H and O–H groups in total. The Morgan fingerprint density at radius 3 is 2.73 bits per heavy atom. The molecule has 0 unspecified atom stereocenters. The van der Waals surface area contributed by atoms with Gasteiger partial charge in [0.2, 0.25) is 0 Å². The van der Waals surface area contributed by atoms with Crippen LogP contribution in [0.5, 0.6) is 0 Å². The third-order valence-corrected chi connectivity index (χ3v) is 5.36. The van der Waals surface area contributed by atoms with Gasteiger partial charge in [0, 0.05) is 18.2 Å². The van der Waals surface area contributed by atoms with Crippen molar-refractivity contribution in [3.05, 3.63) is 57.9 Å². The summed E-state index contributed by atoms with van der Waals surface area (Å²) in [6.45, 7) is 2.28. The van der Waals surface area contributed by atoms with Crippen LogP contribution in [0.3, 0.4) is 0 Å². The normalized spacial score (nSPS) is 14.7. The first-order chi connectivity index (χ1) is 14.5. The molecule has 0 bridgehead atoms. The maximum Gasteiger partial charge on any atom is 0.346 e. The Morgan fingerprint density at radius 2 is 2.10 bits per heavy atom. The van der Waals surface area contributed by atoms with Gasteiger partial charge < -0.3 is 10.1 Å². The topological polar surface area (TPSA) is 126 Å². The fraction of sp³-hybridized carbons (Fsp3) is 0.350. The van der Waals surface area contributed by atoms with E-state index in [1.807, 2.05) is 0 Å². The molecule has 4 rings (SSSR count). The number of pyridine rings is 1. The number of nitrogens with zero attached hydrogens (tertiary/aromatic N) is 3. The fourth-order valence-corrected chi connectivity index (χ4v) is 3.64. The van der Waals surface area contributed by atoms with Gasteiger partial charge in [0.25, 0.3) is 5.56 Å². The maximum atomic E-state index is 14.2. The zero-order valence-electron chi connectivity index (χ0n) is 16.4. The Balaban J connectivity index is 1.51. The Hall–Kier alpha value is -3.56. The Bertz CT molecular complexity index is 1100. The summed E-state index contributed by atoms with van der Waals surface area (Å²) in [5.74, 6) is -0.538. The van der Waals surface area contributed by atoms with Gasteiger partial charge in [0.1, 0.15) is 23.0 Å². The van der Waals surface area contributed by atoms with Crippen molar-refractivity contribution in [3.63, 3.8) is 0 Å². The van der Waals surface area contributed by atoms with E-state index < -0.39 is 11.5 Å². The number of H-pyrrole nitrogens is 2. The summed E-state index contributed by atoms with van der Waals surface area (Å²) in [4.78, 5) is 28.2. The van der Waals surface area contributed by atoms with Gasteiger partial charge >= 0.3 is 5.97 Å². The molecule has 0 saturated heterocycles. The van der Waals surface area contributed by atoms with Crippen LogP contribution in [0.15, 0.2) is 35.3 Å². The van der Waals surface area contributed by atoms with E-state index in [9.17, 15) is 14.0 Å². The lowest BCUT2D eigenvalue weighted by Gasteiger charge is -2.41. The lowest BCUT2D eigenvalue weighted by Crippen LogP contribution is -2.42. The largest absolute Gasteiger partial charge is 0.462 e. The molecule has 3 aromatic heterocycles. The minimum absolute atomic E-state index is 0.147. The summed E-state index contributed by atoms with van der Waals surface area (Å²) < 4.78 is 19.2. The Morgan fingerprint density at radius 1 is 1.27 bits per heavy atom. The number of hydrogen-bond donors (Lipinski definition) is 3. The minimum atomic E-state index is -0.733. The van der Waals surface area contributed by atoms with Crippen LogP contribution < -0.4 is 10.9 Å². The van der Waals surface area contributed by atoms with Gasteiger partial charge in [0.15, 0.2) is 5.56 Å². The quantitative estimate of drug-likeness (QED) is 0.509. The second kappa shape index (κ2) is 8.05. The molecule has 3 aromatic rings. The Labute approximate surface area is 171 Å². The lowest BCUT2D eigenvalue weighted by atomic mass is 9.66. The van der Waals surface area contributed by atoms with E-state index in [1.165, 1.54) is 6.07 Å². The molecular formula is C20H21FN6O3. The van der Waals surface area contributed by atoms with Crippen molar-refractivity contribution in [1.82, 2.24) is 25.4 Å². The van der Waals surface area contributed by atoms with Crippen molar-refractivity contribution >= 4 is 11.8 Å².